The number of H-pyrrole nitrogens is 2. The van der Waals surface area contributed by atoms with Gasteiger partial charge in [0.1, 0.15) is 5.69 Å². The molecule has 0 aliphatic carbocycles. The highest BCUT2D eigenvalue weighted by Gasteiger charge is 2.15. The van der Waals surface area contributed by atoms with Crippen molar-refractivity contribution in [3.05, 3.63) is 55.8 Å². The molecule has 9 heteroatoms. The molecule has 0 saturated heterocycles. The van der Waals surface area contributed by atoms with Crippen LogP contribution in [-0.4, -0.2) is 18.4 Å². The van der Waals surface area contributed by atoms with Crippen molar-refractivity contribution in [2.75, 3.05) is 4.72 Å². The maximum Gasteiger partial charge on any atom is 0.325 e. The Labute approximate surface area is 115 Å². The molecule has 0 unspecified atom stereocenters. The number of benzene rings is 1. The zero-order valence-electron chi connectivity index (χ0n) is 9.31. The number of nitrogens with one attached hydrogen (secondary N) is 3. The van der Waals surface area contributed by atoms with Gasteiger partial charge in [-0.1, -0.05) is 15.9 Å². The predicted octanol–water partition coefficient (Wildman–Crippen LogP) is 0.627. The van der Waals surface area contributed by atoms with Crippen molar-refractivity contribution in [3.8, 4) is 0 Å². The van der Waals surface area contributed by atoms with E-state index in [0.29, 0.717) is 0 Å². The lowest BCUT2D eigenvalue weighted by Gasteiger charge is -2.06. The van der Waals surface area contributed by atoms with Crippen molar-refractivity contribution < 1.29 is 8.42 Å². The number of aromatic nitrogens is 2. The van der Waals surface area contributed by atoms with E-state index in [9.17, 15) is 18.0 Å². The first-order chi connectivity index (χ1) is 8.88. The predicted molar refractivity (Wildman–Crippen MR) is 72.6 cm³/mol. The van der Waals surface area contributed by atoms with Crippen molar-refractivity contribution in [1.29, 1.82) is 0 Å². The molecule has 3 N–H and O–H groups in total. The van der Waals surface area contributed by atoms with Crippen LogP contribution in [0.5, 0.6) is 0 Å². The number of halogens is 1. The lowest BCUT2D eigenvalue weighted by molar-refractivity contribution is 0.601. The van der Waals surface area contributed by atoms with Crippen molar-refractivity contribution in [2.24, 2.45) is 0 Å². The molecule has 100 valence electrons. The molecule has 0 fully saturated rings. The minimum atomic E-state index is -3.88. The molecule has 7 nitrogen and oxygen atoms in total. The molecule has 0 aliphatic rings. The van der Waals surface area contributed by atoms with Gasteiger partial charge in [-0.2, -0.15) is 0 Å². The largest absolute Gasteiger partial charge is 0.325 e. The van der Waals surface area contributed by atoms with E-state index in [4.69, 9.17) is 0 Å². The van der Waals surface area contributed by atoms with E-state index >= 15 is 0 Å². The number of anilines is 1. The minimum absolute atomic E-state index is 0.00120. The van der Waals surface area contributed by atoms with Crippen LogP contribution in [0.15, 0.2) is 49.4 Å². The highest BCUT2D eigenvalue weighted by atomic mass is 79.9. The van der Waals surface area contributed by atoms with Crippen LogP contribution >= 0.6 is 15.9 Å². The fourth-order valence-corrected chi connectivity index (χ4v) is 2.62. The van der Waals surface area contributed by atoms with E-state index in [1.807, 2.05) is 4.98 Å². The number of hydrogen-bond donors (Lipinski definition) is 3. The van der Waals surface area contributed by atoms with Crippen molar-refractivity contribution in [1.82, 2.24) is 9.97 Å². The summed E-state index contributed by atoms with van der Waals surface area (Å²) in [6.45, 7) is 0. The van der Waals surface area contributed by atoms with Gasteiger partial charge < -0.3 is 4.98 Å². The second kappa shape index (κ2) is 5.02. The quantitative estimate of drug-likeness (QED) is 0.757. The smallest absolute Gasteiger partial charge is 0.312 e. The summed E-state index contributed by atoms with van der Waals surface area (Å²) < 4.78 is 26.8. The molecule has 1 aromatic heterocycles. The highest BCUT2D eigenvalue weighted by Crippen LogP contribution is 2.16. The minimum Gasteiger partial charge on any atom is -0.312 e. The third-order valence-corrected chi connectivity index (χ3v) is 4.10. The average molecular weight is 346 g/mol. The third-order valence-electron chi connectivity index (χ3n) is 2.19. The summed E-state index contributed by atoms with van der Waals surface area (Å²) in [5.41, 5.74) is -1.79. The highest BCUT2D eigenvalue weighted by molar-refractivity contribution is 9.10. The summed E-state index contributed by atoms with van der Waals surface area (Å²) in [7, 11) is -3.88. The molecule has 1 aromatic carbocycles. The number of rotatable bonds is 3. The average Bonchev–Trinajstić information content (AvgIpc) is 2.33. The maximum atomic E-state index is 12.0. The van der Waals surface area contributed by atoms with Crippen LogP contribution in [0, 0.1) is 0 Å². The zero-order chi connectivity index (χ0) is 14.0. The monoisotopic (exact) mass is 345 g/mol. The Hall–Kier alpha value is -1.87. The lowest BCUT2D eigenvalue weighted by Crippen LogP contribution is -2.26. The molecule has 1 heterocycles. The molecule has 2 rings (SSSR count). The van der Waals surface area contributed by atoms with E-state index in [0.717, 1.165) is 10.7 Å². The Morgan fingerprint density at radius 2 is 1.74 bits per heavy atom. The summed E-state index contributed by atoms with van der Waals surface area (Å²) in [5, 5.41) is 0. The molecular weight excluding hydrogens is 338 g/mol. The molecule has 0 aliphatic heterocycles. The van der Waals surface area contributed by atoms with E-state index in [-0.39, 0.29) is 10.6 Å². The van der Waals surface area contributed by atoms with Gasteiger partial charge in [0.15, 0.2) is 0 Å². The number of hydrogen-bond acceptors (Lipinski definition) is 4. The van der Waals surface area contributed by atoms with Gasteiger partial charge in [0.05, 0.1) is 4.90 Å². The van der Waals surface area contributed by atoms with Crippen LogP contribution < -0.4 is 16.0 Å². The Balaban J connectivity index is 2.39. The van der Waals surface area contributed by atoms with Gasteiger partial charge in [-0.15, -0.1) is 0 Å². The first-order valence-corrected chi connectivity index (χ1v) is 7.26. The number of aromatic amines is 2. The molecule has 0 spiro atoms. The van der Waals surface area contributed by atoms with E-state index in [1.54, 1.807) is 12.1 Å². The van der Waals surface area contributed by atoms with Crippen LogP contribution in [0.2, 0.25) is 0 Å². The van der Waals surface area contributed by atoms with E-state index in [2.05, 4.69) is 25.6 Å². The SMILES string of the molecule is O=c1[nH]cc(NS(=O)(=O)c2ccc(Br)cc2)c(=O)[nH]1. The fraction of sp³-hybridized carbons (Fsp3) is 0. The Morgan fingerprint density at radius 3 is 2.32 bits per heavy atom. The summed E-state index contributed by atoms with van der Waals surface area (Å²) >= 11 is 3.19. The zero-order valence-corrected chi connectivity index (χ0v) is 11.7. The summed E-state index contributed by atoms with van der Waals surface area (Å²) in [5.74, 6) is 0. The first-order valence-electron chi connectivity index (χ1n) is 4.99. The van der Waals surface area contributed by atoms with Gasteiger partial charge in [-0.3, -0.25) is 14.5 Å². The molecular formula is C10H8BrN3O4S. The van der Waals surface area contributed by atoms with Gasteiger partial charge >= 0.3 is 5.69 Å². The summed E-state index contributed by atoms with van der Waals surface area (Å²) in [6.07, 6.45) is 0.998. The maximum absolute atomic E-state index is 12.0. The van der Waals surface area contributed by atoms with Crippen molar-refractivity contribution >= 4 is 31.6 Å². The molecule has 0 atom stereocenters. The Morgan fingerprint density at radius 1 is 1.11 bits per heavy atom. The van der Waals surface area contributed by atoms with Crippen LogP contribution in [0.3, 0.4) is 0 Å². The lowest BCUT2D eigenvalue weighted by atomic mass is 10.4. The van der Waals surface area contributed by atoms with Gasteiger partial charge in [0.2, 0.25) is 0 Å². The molecule has 0 amide bonds. The second-order valence-corrected chi connectivity index (χ2v) is 6.14. The van der Waals surface area contributed by atoms with Crippen LogP contribution in [0.25, 0.3) is 0 Å². The van der Waals surface area contributed by atoms with E-state index < -0.39 is 21.3 Å². The molecule has 19 heavy (non-hydrogen) atoms. The standard InChI is InChI=1S/C10H8BrN3O4S/c11-6-1-3-7(4-2-6)19(17,18)14-8-5-12-10(16)13-9(8)15/h1-5,14H,(H2,12,13,15,16). The first kappa shape index (κ1) is 13.6. The second-order valence-electron chi connectivity index (χ2n) is 3.55. The topological polar surface area (TPSA) is 112 Å². The van der Waals surface area contributed by atoms with Crippen molar-refractivity contribution in [2.45, 2.75) is 4.90 Å². The summed E-state index contributed by atoms with van der Waals surface area (Å²) in [4.78, 5) is 26.3. The van der Waals surface area contributed by atoms with Crippen LogP contribution in [0.1, 0.15) is 0 Å². The van der Waals surface area contributed by atoms with Crippen LogP contribution in [-0.2, 0) is 10.0 Å². The van der Waals surface area contributed by atoms with Gasteiger partial charge in [-0.25, -0.2) is 13.2 Å². The van der Waals surface area contributed by atoms with Gasteiger partial charge in [0, 0.05) is 10.7 Å². The van der Waals surface area contributed by atoms with Gasteiger partial charge in [0.25, 0.3) is 15.6 Å². The van der Waals surface area contributed by atoms with E-state index in [1.165, 1.54) is 12.1 Å². The van der Waals surface area contributed by atoms with Crippen molar-refractivity contribution in [3.63, 3.8) is 0 Å². The molecule has 2 aromatic rings. The molecule has 0 bridgehead atoms. The number of sulfonamides is 1. The molecule has 0 saturated carbocycles. The normalized spacial score (nSPS) is 11.2. The fourth-order valence-electron chi connectivity index (χ4n) is 1.30. The molecule has 0 radical (unpaired) electrons. The summed E-state index contributed by atoms with van der Waals surface area (Å²) in [6, 6.07) is 5.88. The van der Waals surface area contributed by atoms with Crippen LogP contribution in [0.4, 0.5) is 5.69 Å². The Bertz CT molecular complexity index is 808. The Kier molecular flexibility index (Phi) is 3.58. The van der Waals surface area contributed by atoms with Gasteiger partial charge in [-0.05, 0) is 24.3 Å². The third kappa shape index (κ3) is 3.12.